The minimum atomic E-state index is -0.525. The Labute approximate surface area is 112 Å². The van der Waals surface area contributed by atoms with E-state index in [1.165, 1.54) is 0 Å². The van der Waals surface area contributed by atoms with Gasteiger partial charge in [0.15, 0.2) is 0 Å². The van der Waals surface area contributed by atoms with Gasteiger partial charge in [-0.1, -0.05) is 30.3 Å². The molecule has 0 aliphatic carbocycles. The average Bonchev–Trinajstić information content (AvgIpc) is 2.88. The van der Waals surface area contributed by atoms with E-state index in [1.807, 2.05) is 41.8 Å². The summed E-state index contributed by atoms with van der Waals surface area (Å²) in [4.78, 5) is 15.7. The van der Waals surface area contributed by atoms with E-state index in [2.05, 4.69) is 10.3 Å². The fourth-order valence-electron chi connectivity index (χ4n) is 2.00. The summed E-state index contributed by atoms with van der Waals surface area (Å²) in [7, 11) is 0. The number of primary amides is 1. The fraction of sp³-hybridized carbons (Fsp3) is 0.286. The first-order valence-electron chi connectivity index (χ1n) is 6.29. The van der Waals surface area contributed by atoms with Crippen LogP contribution in [0.4, 0.5) is 0 Å². The van der Waals surface area contributed by atoms with Crippen LogP contribution in [0.25, 0.3) is 0 Å². The highest BCUT2D eigenvalue weighted by Crippen LogP contribution is 2.13. The standard InChI is InChI=1S/C14H18N4O/c1-2-18-10-16-9-12(18)13(14(15)19)17-8-11-6-4-3-5-7-11/h3-7,9-10,13,17H,2,8H2,1H3,(H2,15,19). The Morgan fingerprint density at radius 1 is 1.42 bits per heavy atom. The molecule has 1 aromatic heterocycles. The van der Waals surface area contributed by atoms with E-state index in [1.54, 1.807) is 12.5 Å². The fourth-order valence-corrected chi connectivity index (χ4v) is 2.00. The second kappa shape index (κ2) is 6.15. The van der Waals surface area contributed by atoms with Gasteiger partial charge in [0.1, 0.15) is 6.04 Å². The quantitative estimate of drug-likeness (QED) is 0.818. The molecule has 0 radical (unpaired) electrons. The van der Waals surface area contributed by atoms with Crippen LogP contribution in [0.15, 0.2) is 42.9 Å². The predicted molar refractivity (Wildman–Crippen MR) is 73.1 cm³/mol. The Morgan fingerprint density at radius 3 is 2.79 bits per heavy atom. The number of carbonyl (C=O) groups is 1. The number of benzene rings is 1. The highest BCUT2D eigenvalue weighted by molar-refractivity contribution is 5.80. The van der Waals surface area contributed by atoms with Crippen molar-refractivity contribution in [3.8, 4) is 0 Å². The van der Waals surface area contributed by atoms with Crippen molar-refractivity contribution in [2.75, 3.05) is 0 Å². The van der Waals surface area contributed by atoms with Gasteiger partial charge in [0, 0.05) is 13.1 Å². The SMILES string of the molecule is CCn1cncc1C(NCc1ccccc1)C(N)=O. The van der Waals surface area contributed by atoms with Crippen molar-refractivity contribution in [2.45, 2.75) is 26.1 Å². The van der Waals surface area contributed by atoms with Crippen LogP contribution in [-0.4, -0.2) is 15.5 Å². The van der Waals surface area contributed by atoms with E-state index < -0.39 is 11.9 Å². The average molecular weight is 258 g/mol. The number of hydrogen-bond acceptors (Lipinski definition) is 3. The van der Waals surface area contributed by atoms with E-state index in [-0.39, 0.29) is 0 Å². The largest absolute Gasteiger partial charge is 0.368 e. The lowest BCUT2D eigenvalue weighted by Gasteiger charge is -2.17. The van der Waals surface area contributed by atoms with Crippen LogP contribution >= 0.6 is 0 Å². The molecule has 100 valence electrons. The van der Waals surface area contributed by atoms with Gasteiger partial charge in [-0.25, -0.2) is 4.98 Å². The Morgan fingerprint density at radius 2 is 2.16 bits per heavy atom. The highest BCUT2D eigenvalue weighted by atomic mass is 16.1. The zero-order valence-corrected chi connectivity index (χ0v) is 10.9. The van der Waals surface area contributed by atoms with Crippen LogP contribution in [-0.2, 0) is 17.9 Å². The first-order valence-corrected chi connectivity index (χ1v) is 6.29. The summed E-state index contributed by atoms with van der Waals surface area (Å²) in [6, 6.07) is 9.37. The summed E-state index contributed by atoms with van der Waals surface area (Å²) in [5.74, 6) is -0.397. The van der Waals surface area contributed by atoms with E-state index in [0.29, 0.717) is 6.54 Å². The van der Waals surface area contributed by atoms with Gasteiger partial charge in [-0.3, -0.25) is 10.1 Å². The van der Waals surface area contributed by atoms with Gasteiger partial charge in [0.05, 0.1) is 18.2 Å². The van der Waals surface area contributed by atoms with Crippen LogP contribution in [0, 0.1) is 0 Å². The monoisotopic (exact) mass is 258 g/mol. The Balaban J connectivity index is 2.11. The Bertz CT molecular complexity index is 535. The predicted octanol–water partition coefficient (Wildman–Crippen LogP) is 1.22. The zero-order valence-electron chi connectivity index (χ0n) is 10.9. The number of imidazole rings is 1. The van der Waals surface area contributed by atoms with Crippen molar-refractivity contribution in [1.29, 1.82) is 0 Å². The molecular weight excluding hydrogens is 240 g/mol. The topological polar surface area (TPSA) is 72.9 Å². The summed E-state index contributed by atoms with van der Waals surface area (Å²) in [5, 5.41) is 3.18. The first kappa shape index (κ1) is 13.3. The van der Waals surface area contributed by atoms with E-state index >= 15 is 0 Å². The van der Waals surface area contributed by atoms with Crippen LogP contribution in [0.1, 0.15) is 24.2 Å². The number of nitrogens with zero attached hydrogens (tertiary/aromatic N) is 2. The third kappa shape index (κ3) is 3.20. The molecule has 0 aliphatic rings. The number of carbonyl (C=O) groups excluding carboxylic acids is 1. The zero-order chi connectivity index (χ0) is 13.7. The lowest BCUT2D eigenvalue weighted by Crippen LogP contribution is -2.34. The maximum absolute atomic E-state index is 11.6. The number of nitrogens with one attached hydrogen (secondary N) is 1. The van der Waals surface area contributed by atoms with Gasteiger partial charge in [0.2, 0.25) is 5.91 Å². The molecule has 1 atom stereocenters. The molecule has 2 aromatic rings. The van der Waals surface area contributed by atoms with Crippen LogP contribution in [0.5, 0.6) is 0 Å². The minimum Gasteiger partial charge on any atom is -0.368 e. The van der Waals surface area contributed by atoms with E-state index in [9.17, 15) is 4.79 Å². The van der Waals surface area contributed by atoms with Crippen molar-refractivity contribution >= 4 is 5.91 Å². The van der Waals surface area contributed by atoms with Crippen molar-refractivity contribution < 1.29 is 4.79 Å². The molecule has 0 bridgehead atoms. The summed E-state index contributed by atoms with van der Waals surface area (Å²) in [5.41, 5.74) is 7.38. The Kier molecular flexibility index (Phi) is 4.30. The molecule has 1 heterocycles. The second-order valence-electron chi connectivity index (χ2n) is 4.31. The lowest BCUT2D eigenvalue weighted by molar-refractivity contribution is -0.120. The molecule has 0 aliphatic heterocycles. The molecule has 1 aromatic carbocycles. The molecule has 1 unspecified atom stereocenters. The molecule has 5 nitrogen and oxygen atoms in total. The minimum absolute atomic E-state index is 0.397. The van der Waals surface area contributed by atoms with Crippen LogP contribution in [0.2, 0.25) is 0 Å². The lowest BCUT2D eigenvalue weighted by atomic mass is 10.1. The molecule has 2 rings (SSSR count). The van der Waals surface area contributed by atoms with Crippen LogP contribution < -0.4 is 11.1 Å². The van der Waals surface area contributed by atoms with Crippen molar-refractivity contribution in [3.05, 3.63) is 54.1 Å². The normalized spacial score (nSPS) is 12.3. The molecule has 0 saturated heterocycles. The smallest absolute Gasteiger partial charge is 0.240 e. The number of rotatable bonds is 6. The van der Waals surface area contributed by atoms with Gasteiger partial charge in [-0.15, -0.1) is 0 Å². The molecule has 1 amide bonds. The number of amides is 1. The molecule has 19 heavy (non-hydrogen) atoms. The summed E-state index contributed by atoms with van der Waals surface area (Å²) >= 11 is 0. The number of nitrogens with two attached hydrogens (primary N) is 1. The third-order valence-electron chi connectivity index (χ3n) is 3.02. The maximum atomic E-state index is 11.6. The summed E-state index contributed by atoms with van der Waals surface area (Å²) < 4.78 is 1.91. The van der Waals surface area contributed by atoms with Crippen molar-refractivity contribution in [3.63, 3.8) is 0 Å². The number of aromatic nitrogens is 2. The van der Waals surface area contributed by atoms with Gasteiger partial charge < -0.3 is 10.3 Å². The van der Waals surface area contributed by atoms with Gasteiger partial charge in [-0.05, 0) is 12.5 Å². The second-order valence-corrected chi connectivity index (χ2v) is 4.31. The van der Waals surface area contributed by atoms with Crippen molar-refractivity contribution in [2.24, 2.45) is 5.73 Å². The van der Waals surface area contributed by atoms with Crippen LogP contribution in [0.3, 0.4) is 0 Å². The molecule has 0 fully saturated rings. The third-order valence-corrected chi connectivity index (χ3v) is 3.02. The van der Waals surface area contributed by atoms with Gasteiger partial charge >= 0.3 is 0 Å². The number of hydrogen-bond donors (Lipinski definition) is 2. The van der Waals surface area contributed by atoms with Crippen molar-refractivity contribution in [1.82, 2.24) is 14.9 Å². The highest BCUT2D eigenvalue weighted by Gasteiger charge is 2.20. The molecule has 3 N–H and O–H groups in total. The van der Waals surface area contributed by atoms with E-state index in [4.69, 9.17) is 5.73 Å². The molecule has 0 saturated carbocycles. The van der Waals surface area contributed by atoms with E-state index in [0.717, 1.165) is 17.8 Å². The number of aryl methyl sites for hydroxylation is 1. The molecule has 5 heteroatoms. The molecular formula is C14H18N4O. The molecule has 0 spiro atoms. The Hall–Kier alpha value is -2.14. The maximum Gasteiger partial charge on any atom is 0.240 e. The summed E-state index contributed by atoms with van der Waals surface area (Å²) in [6.45, 7) is 3.34. The van der Waals surface area contributed by atoms with Gasteiger partial charge in [-0.2, -0.15) is 0 Å². The van der Waals surface area contributed by atoms with Gasteiger partial charge in [0.25, 0.3) is 0 Å². The summed E-state index contributed by atoms with van der Waals surface area (Å²) in [6.07, 6.45) is 3.38. The first-order chi connectivity index (χ1) is 9.22.